The number of carbonyl (C=O) groups excluding carboxylic acids is 2. The van der Waals surface area contributed by atoms with Crippen LogP contribution in [0.15, 0.2) is 24.3 Å². The summed E-state index contributed by atoms with van der Waals surface area (Å²) >= 11 is 0. The molecule has 2 amide bonds. The topological polar surface area (TPSA) is 58.6 Å². The van der Waals surface area contributed by atoms with Crippen LogP contribution in [-0.4, -0.2) is 43.2 Å². The highest BCUT2D eigenvalue weighted by molar-refractivity contribution is 5.84. The first-order valence-corrected chi connectivity index (χ1v) is 9.06. The number of rotatable bonds is 4. The molecule has 0 radical (unpaired) electrons. The molecule has 27 heavy (non-hydrogen) atoms. The average molecular weight is 384 g/mol. The van der Waals surface area contributed by atoms with Crippen LogP contribution in [0.2, 0.25) is 0 Å². The molecule has 1 saturated heterocycles. The van der Waals surface area contributed by atoms with Crippen LogP contribution in [0.4, 0.5) is 13.2 Å². The average Bonchev–Trinajstić information content (AvgIpc) is 3.23. The van der Waals surface area contributed by atoms with Crippen molar-refractivity contribution < 1.29 is 27.5 Å². The highest BCUT2D eigenvalue weighted by Crippen LogP contribution is 2.49. The number of halogens is 3. The smallest absolute Gasteiger partial charge is 0.406 e. The zero-order valence-corrected chi connectivity index (χ0v) is 15.1. The molecule has 1 atom stereocenters. The van der Waals surface area contributed by atoms with Gasteiger partial charge in [0.25, 0.3) is 0 Å². The normalized spacial score (nSPS) is 21.5. The lowest BCUT2D eigenvalue weighted by atomic mass is 9.76. The van der Waals surface area contributed by atoms with E-state index in [1.165, 1.54) is 24.3 Å². The summed E-state index contributed by atoms with van der Waals surface area (Å²) in [5.41, 5.74) is 0.471. The number of hydrogen-bond acceptors (Lipinski definition) is 3. The number of ether oxygens (including phenoxy) is 1. The number of benzene rings is 1. The molecule has 0 aromatic heterocycles. The van der Waals surface area contributed by atoms with Crippen molar-refractivity contribution >= 4 is 11.8 Å². The predicted octanol–water partition coefficient (Wildman–Crippen LogP) is 2.89. The molecule has 1 aromatic carbocycles. The fraction of sp³-hybridized carbons (Fsp3) is 0.579. The van der Waals surface area contributed by atoms with Crippen molar-refractivity contribution in [1.29, 1.82) is 0 Å². The van der Waals surface area contributed by atoms with Gasteiger partial charge in [-0.05, 0) is 30.5 Å². The van der Waals surface area contributed by atoms with E-state index < -0.39 is 6.36 Å². The molecule has 1 heterocycles. The Balaban J connectivity index is 1.65. The van der Waals surface area contributed by atoms with Crippen molar-refractivity contribution in [2.75, 3.05) is 20.1 Å². The van der Waals surface area contributed by atoms with Crippen LogP contribution in [0.25, 0.3) is 0 Å². The van der Waals surface area contributed by atoms with Gasteiger partial charge < -0.3 is 15.0 Å². The Morgan fingerprint density at radius 2 is 1.85 bits per heavy atom. The summed E-state index contributed by atoms with van der Waals surface area (Å²) in [5, 5.41) is 2.71. The van der Waals surface area contributed by atoms with Gasteiger partial charge in [-0.25, -0.2) is 0 Å². The Morgan fingerprint density at radius 1 is 1.22 bits per heavy atom. The Hall–Kier alpha value is -2.25. The largest absolute Gasteiger partial charge is 0.573 e. The summed E-state index contributed by atoms with van der Waals surface area (Å²) in [5.74, 6) is -0.654. The quantitative estimate of drug-likeness (QED) is 0.869. The highest BCUT2D eigenvalue weighted by Gasteiger charge is 2.51. The number of amides is 2. The van der Waals surface area contributed by atoms with Crippen LogP contribution in [-0.2, 0) is 16.0 Å². The van der Waals surface area contributed by atoms with Crippen LogP contribution in [0.1, 0.15) is 31.2 Å². The Kier molecular flexibility index (Phi) is 5.35. The van der Waals surface area contributed by atoms with Gasteiger partial charge in [0.05, 0.1) is 12.3 Å². The third-order valence-corrected chi connectivity index (χ3v) is 5.68. The molecule has 8 heteroatoms. The lowest BCUT2D eigenvalue weighted by molar-refractivity contribution is -0.274. The maximum atomic E-state index is 12.7. The molecule has 1 aromatic rings. The number of alkyl halides is 3. The van der Waals surface area contributed by atoms with E-state index in [-0.39, 0.29) is 35.3 Å². The second-order valence-electron chi connectivity index (χ2n) is 7.38. The Morgan fingerprint density at radius 3 is 2.41 bits per heavy atom. The van der Waals surface area contributed by atoms with Gasteiger partial charge in [-0.1, -0.05) is 25.0 Å². The molecule has 2 fully saturated rings. The fourth-order valence-electron chi connectivity index (χ4n) is 4.38. The maximum absolute atomic E-state index is 12.7. The van der Waals surface area contributed by atoms with Crippen molar-refractivity contribution in [3.63, 3.8) is 0 Å². The summed E-state index contributed by atoms with van der Waals surface area (Å²) in [6, 6.07) is 5.31. The second kappa shape index (κ2) is 7.40. The standard InChI is InChI=1S/C19H23F3N2O3/c1-23-17(26)15-11-24(12-18(15)8-2-3-9-18)16(25)10-13-4-6-14(7-5-13)27-19(20,21)22/h4-7,15H,2-3,8-12H2,1H3,(H,23,26)/t15-/m0/s1. The summed E-state index contributed by atoms with van der Waals surface area (Å²) in [6.07, 6.45) is -0.636. The van der Waals surface area contributed by atoms with E-state index in [2.05, 4.69) is 10.1 Å². The minimum absolute atomic E-state index is 0.0270. The Labute approximate surface area is 155 Å². The SMILES string of the molecule is CNC(=O)[C@@H]1CN(C(=O)Cc2ccc(OC(F)(F)F)cc2)CC12CCCC2. The summed E-state index contributed by atoms with van der Waals surface area (Å²) in [6.45, 7) is 0.965. The number of carbonyl (C=O) groups is 2. The molecule has 1 aliphatic carbocycles. The third-order valence-electron chi connectivity index (χ3n) is 5.68. The van der Waals surface area contributed by atoms with Gasteiger partial charge in [0.15, 0.2) is 0 Å². The zero-order chi connectivity index (χ0) is 19.7. The molecule has 0 unspecified atom stereocenters. The van der Waals surface area contributed by atoms with E-state index in [9.17, 15) is 22.8 Å². The van der Waals surface area contributed by atoms with Gasteiger partial charge in [-0.15, -0.1) is 13.2 Å². The van der Waals surface area contributed by atoms with Gasteiger partial charge in [0, 0.05) is 25.6 Å². The third kappa shape index (κ3) is 4.36. The minimum atomic E-state index is -4.74. The van der Waals surface area contributed by atoms with Gasteiger partial charge in [0.1, 0.15) is 5.75 Å². The number of hydrogen-bond donors (Lipinski definition) is 1. The molecule has 2 aliphatic rings. The summed E-state index contributed by atoms with van der Waals surface area (Å²) < 4.78 is 40.5. The lowest BCUT2D eigenvalue weighted by Gasteiger charge is -2.28. The first-order valence-electron chi connectivity index (χ1n) is 9.06. The van der Waals surface area contributed by atoms with E-state index in [0.29, 0.717) is 18.7 Å². The lowest BCUT2D eigenvalue weighted by Crippen LogP contribution is -2.38. The second-order valence-corrected chi connectivity index (χ2v) is 7.38. The molecule has 1 aliphatic heterocycles. The molecule has 1 N–H and O–H groups in total. The van der Waals surface area contributed by atoms with Gasteiger partial charge >= 0.3 is 6.36 Å². The molecule has 1 spiro atoms. The fourth-order valence-corrected chi connectivity index (χ4v) is 4.38. The van der Waals surface area contributed by atoms with Crippen LogP contribution < -0.4 is 10.1 Å². The predicted molar refractivity (Wildman–Crippen MR) is 91.9 cm³/mol. The molecular formula is C19H23F3N2O3. The Bertz CT molecular complexity index is 697. The van der Waals surface area contributed by atoms with E-state index in [0.717, 1.165) is 25.7 Å². The van der Waals surface area contributed by atoms with Crippen LogP contribution in [0.3, 0.4) is 0 Å². The molecule has 5 nitrogen and oxygen atoms in total. The molecule has 3 rings (SSSR count). The van der Waals surface area contributed by atoms with E-state index >= 15 is 0 Å². The van der Waals surface area contributed by atoms with Crippen molar-refractivity contribution in [2.45, 2.75) is 38.5 Å². The number of nitrogens with zero attached hydrogens (tertiary/aromatic N) is 1. The highest BCUT2D eigenvalue weighted by atomic mass is 19.4. The monoisotopic (exact) mass is 384 g/mol. The maximum Gasteiger partial charge on any atom is 0.573 e. The van der Waals surface area contributed by atoms with Gasteiger partial charge in [-0.3, -0.25) is 9.59 Å². The van der Waals surface area contributed by atoms with E-state index in [4.69, 9.17) is 0 Å². The first kappa shape index (κ1) is 19.5. The van der Waals surface area contributed by atoms with E-state index in [1.807, 2.05) is 0 Å². The molecule has 0 bridgehead atoms. The number of nitrogens with one attached hydrogen (secondary N) is 1. The van der Waals surface area contributed by atoms with Crippen molar-refractivity contribution in [3.05, 3.63) is 29.8 Å². The molecule has 148 valence electrons. The summed E-state index contributed by atoms with van der Waals surface area (Å²) in [7, 11) is 1.61. The van der Waals surface area contributed by atoms with Gasteiger partial charge in [-0.2, -0.15) is 0 Å². The van der Waals surface area contributed by atoms with Crippen molar-refractivity contribution in [2.24, 2.45) is 11.3 Å². The first-order chi connectivity index (χ1) is 12.7. The zero-order valence-electron chi connectivity index (χ0n) is 15.1. The van der Waals surface area contributed by atoms with Crippen LogP contribution in [0.5, 0.6) is 5.75 Å². The van der Waals surface area contributed by atoms with E-state index in [1.54, 1.807) is 11.9 Å². The van der Waals surface area contributed by atoms with Crippen LogP contribution in [0, 0.1) is 11.3 Å². The van der Waals surface area contributed by atoms with Crippen molar-refractivity contribution in [3.8, 4) is 5.75 Å². The minimum Gasteiger partial charge on any atom is -0.406 e. The van der Waals surface area contributed by atoms with Crippen LogP contribution >= 0.6 is 0 Å². The number of likely N-dealkylation sites (tertiary alicyclic amines) is 1. The summed E-state index contributed by atoms with van der Waals surface area (Å²) in [4.78, 5) is 26.7. The van der Waals surface area contributed by atoms with Crippen molar-refractivity contribution in [1.82, 2.24) is 10.2 Å². The molecule has 1 saturated carbocycles. The molecular weight excluding hydrogens is 361 g/mol. The van der Waals surface area contributed by atoms with Gasteiger partial charge in [0.2, 0.25) is 11.8 Å².